The van der Waals surface area contributed by atoms with Crippen LogP contribution in [0.4, 0.5) is 0 Å². The molecule has 4 heteroatoms. The number of hydrogen-bond acceptors (Lipinski definition) is 4. The molecule has 1 aliphatic heterocycles. The van der Waals surface area contributed by atoms with Gasteiger partial charge in [0.2, 0.25) is 0 Å². The number of rotatable bonds is 10. The lowest BCUT2D eigenvalue weighted by Gasteiger charge is -2.33. The molecular weight excluding hydrogens is 348 g/mol. The van der Waals surface area contributed by atoms with Crippen LogP contribution in [0.1, 0.15) is 24.0 Å². The Labute approximate surface area is 169 Å². The summed E-state index contributed by atoms with van der Waals surface area (Å²) in [5.74, 6) is 1.65. The maximum absolute atomic E-state index is 9.11. The lowest BCUT2D eigenvalue weighted by atomic mass is 9.96. The van der Waals surface area contributed by atoms with E-state index in [1.54, 1.807) is 0 Å². The summed E-state index contributed by atoms with van der Waals surface area (Å²) < 4.78 is 5.77. The molecule has 1 saturated heterocycles. The summed E-state index contributed by atoms with van der Waals surface area (Å²) >= 11 is 0. The molecule has 1 heterocycles. The first-order valence-corrected chi connectivity index (χ1v) is 10.5. The van der Waals surface area contributed by atoms with Crippen molar-refractivity contribution in [1.29, 1.82) is 0 Å². The lowest BCUT2D eigenvalue weighted by molar-refractivity contribution is 0.154. The molecule has 0 radical (unpaired) electrons. The highest BCUT2D eigenvalue weighted by molar-refractivity contribution is 5.33. The number of benzene rings is 2. The Morgan fingerprint density at radius 2 is 1.75 bits per heavy atom. The zero-order valence-electron chi connectivity index (χ0n) is 17.1. The van der Waals surface area contributed by atoms with Gasteiger partial charge < -0.3 is 14.7 Å². The quantitative estimate of drug-likeness (QED) is 0.683. The number of nitrogens with zero attached hydrogens (tertiary/aromatic N) is 2. The van der Waals surface area contributed by atoms with Crippen LogP contribution in [0.3, 0.4) is 0 Å². The van der Waals surface area contributed by atoms with Crippen molar-refractivity contribution in [3.05, 3.63) is 65.7 Å². The first-order valence-electron chi connectivity index (χ1n) is 10.5. The summed E-state index contributed by atoms with van der Waals surface area (Å²) in [5.41, 5.74) is 2.60. The maximum Gasteiger partial charge on any atom is 0.123 e. The van der Waals surface area contributed by atoms with E-state index in [2.05, 4.69) is 59.3 Å². The van der Waals surface area contributed by atoms with E-state index in [0.29, 0.717) is 6.61 Å². The van der Waals surface area contributed by atoms with Crippen LogP contribution >= 0.6 is 0 Å². The van der Waals surface area contributed by atoms with Crippen molar-refractivity contribution in [2.45, 2.75) is 25.8 Å². The topological polar surface area (TPSA) is 35.9 Å². The molecule has 2 aromatic carbocycles. The summed E-state index contributed by atoms with van der Waals surface area (Å²) in [4.78, 5) is 5.02. The van der Waals surface area contributed by atoms with Gasteiger partial charge in [-0.05, 0) is 56.9 Å². The standard InChI is InChI=1S/C24H34N2O2/c1-25-14-11-22(12-15-25)19-26(16-13-21-7-3-2-4-8-21)20-23-9-5-6-10-24(23)28-18-17-27/h2-10,22,27H,11-20H2,1H3. The number of para-hydroxylation sites is 1. The fourth-order valence-electron chi connectivity index (χ4n) is 3.95. The van der Waals surface area contributed by atoms with Gasteiger partial charge in [-0.1, -0.05) is 48.5 Å². The Morgan fingerprint density at radius 1 is 1.04 bits per heavy atom. The number of ether oxygens (including phenoxy) is 1. The summed E-state index contributed by atoms with van der Waals surface area (Å²) in [7, 11) is 2.22. The molecule has 28 heavy (non-hydrogen) atoms. The zero-order chi connectivity index (χ0) is 19.6. The van der Waals surface area contributed by atoms with E-state index in [0.717, 1.165) is 37.7 Å². The van der Waals surface area contributed by atoms with Crippen molar-refractivity contribution in [1.82, 2.24) is 9.80 Å². The Bertz CT molecular complexity index is 684. The van der Waals surface area contributed by atoms with Crippen molar-refractivity contribution in [3.63, 3.8) is 0 Å². The third-order valence-corrected chi connectivity index (χ3v) is 5.63. The second-order valence-electron chi connectivity index (χ2n) is 7.90. The Hall–Kier alpha value is -1.88. The molecular formula is C24H34N2O2. The third-order valence-electron chi connectivity index (χ3n) is 5.63. The molecule has 0 bridgehead atoms. The summed E-state index contributed by atoms with van der Waals surface area (Å²) in [6, 6.07) is 19.0. The van der Waals surface area contributed by atoms with Crippen LogP contribution in [-0.4, -0.2) is 61.3 Å². The third kappa shape index (κ3) is 6.62. The molecule has 152 valence electrons. The van der Waals surface area contributed by atoms with Crippen molar-refractivity contribution < 1.29 is 9.84 Å². The van der Waals surface area contributed by atoms with Crippen LogP contribution in [-0.2, 0) is 13.0 Å². The SMILES string of the molecule is CN1CCC(CN(CCc2ccccc2)Cc2ccccc2OCCO)CC1. The van der Waals surface area contributed by atoms with E-state index in [9.17, 15) is 0 Å². The van der Waals surface area contributed by atoms with E-state index in [4.69, 9.17) is 9.84 Å². The van der Waals surface area contributed by atoms with Gasteiger partial charge in [-0.25, -0.2) is 0 Å². The molecule has 0 unspecified atom stereocenters. The molecule has 0 amide bonds. The van der Waals surface area contributed by atoms with E-state index >= 15 is 0 Å². The van der Waals surface area contributed by atoms with Gasteiger partial charge >= 0.3 is 0 Å². The van der Waals surface area contributed by atoms with Crippen LogP contribution in [0.2, 0.25) is 0 Å². The van der Waals surface area contributed by atoms with Gasteiger partial charge in [-0.2, -0.15) is 0 Å². The average Bonchev–Trinajstić information content (AvgIpc) is 2.74. The largest absolute Gasteiger partial charge is 0.491 e. The Balaban J connectivity index is 1.66. The highest BCUT2D eigenvalue weighted by atomic mass is 16.5. The van der Waals surface area contributed by atoms with Crippen LogP contribution in [0.5, 0.6) is 5.75 Å². The minimum atomic E-state index is 0.0433. The molecule has 0 spiro atoms. The number of aliphatic hydroxyl groups is 1. The van der Waals surface area contributed by atoms with Gasteiger partial charge in [-0.15, -0.1) is 0 Å². The predicted molar refractivity (Wildman–Crippen MR) is 115 cm³/mol. The molecule has 1 fully saturated rings. The van der Waals surface area contributed by atoms with E-state index in [1.165, 1.54) is 37.1 Å². The van der Waals surface area contributed by atoms with Gasteiger partial charge in [0.1, 0.15) is 12.4 Å². The van der Waals surface area contributed by atoms with Crippen molar-refractivity contribution in [2.24, 2.45) is 5.92 Å². The van der Waals surface area contributed by atoms with E-state index in [-0.39, 0.29) is 6.61 Å². The van der Waals surface area contributed by atoms with Crippen molar-refractivity contribution in [3.8, 4) is 5.75 Å². The molecule has 3 rings (SSSR count). The van der Waals surface area contributed by atoms with Gasteiger partial charge in [0, 0.05) is 25.2 Å². The first-order chi connectivity index (χ1) is 13.7. The number of hydrogen-bond donors (Lipinski definition) is 1. The highest BCUT2D eigenvalue weighted by Crippen LogP contribution is 2.23. The molecule has 0 aromatic heterocycles. The fourth-order valence-corrected chi connectivity index (χ4v) is 3.95. The normalized spacial score (nSPS) is 15.8. The van der Waals surface area contributed by atoms with Gasteiger partial charge in [0.25, 0.3) is 0 Å². The first kappa shape index (κ1) is 20.8. The van der Waals surface area contributed by atoms with Gasteiger partial charge in [-0.3, -0.25) is 4.90 Å². The highest BCUT2D eigenvalue weighted by Gasteiger charge is 2.20. The molecule has 1 N–H and O–H groups in total. The number of likely N-dealkylation sites (tertiary alicyclic amines) is 1. The summed E-state index contributed by atoms with van der Waals surface area (Å²) in [5, 5.41) is 9.11. The Morgan fingerprint density at radius 3 is 2.50 bits per heavy atom. The number of aliphatic hydroxyl groups excluding tert-OH is 1. The van der Waals surface area contributed by atoms with Crippen LogP contribution in [0.25, 0.3) is 0 Å². The predicted octanol–water partition coefficient (Wildman–Crippen LogP) is 3.44. The molecule has 4 nitrogen and oxygen atoms in total. The fraction of sp³-hybridized carbons (Fsp3) is 0.500. The molecule has 0 atom stereocenters. The van der Waals surface area contributed by atoms with Gasteiger partial charge in [0.05, 0.1) is 6.61 Å². The monoisotopic (exact) mass is 382 g/mol. The second kappa shape index (κ2) is 11.2. The van der Waals surface area contributed by atoms with Crippen LogP contribution in [0.15, 0.2) is 54.6 Å². The summed E-state index contributed by atoms with van der Waals surface area (Å²) in [6.45, 7) is 5.86. The number of piperidine rings is 1. The van der Waals surface area contributed by atoms with Crippen molar-refractivity contribution >= 4 is 0 Å². The van der Waals surface area contributed by atoms with E-state index < -0.39 is 0 Å². The van der Waals surface area contributed by atoms with E-state index in [1.807, 2.05) is 12.1 Å². The minimum Gasteiger partial charge on any atom is -0.491 e. The Kier molecular flexibility index (Phi) is 8.34. The molecule has 0 aliphatic carbocycles. The maximum atomic E-state index is 9.11. The average molecular weight is 383 g/mol. The van der Waals surface area contributed by atoms with Crippen LogP contribution < -0.4 is 4.74 Å². The molecule has 1 aliphatic rings. The lowest BCUT2D eigenvalue weighted by Crippen LogP contribution is -2.37. The van der Waals surface area contributed by atoms with Gasteiger partial charge in [0.15, 0.2) is 0 Å². The molecule has 0 saturated carbocycles. The smallest absolute Gasteiger partial charge is 0.123 e. The molecule has 2 aromatic rings. The van der Waals surface area contributed by atoms with Crippen molar-refractivity contribution in [2.75, 3.05) is 46.4 Å². The van der Waals surface area contributed by atoms with Crippen LogP contribution in [0, 0.1) is 5.92 Å². The minimum absolute atomic E-state index is 0.0433. The summed E-state index contributed by atoms with van der Waals surface area (Å²) in [6.07, 6.45) is 3.62. The zero-order valence-corrected chi connectivity index (χ0v) is 17.1. The second-order valence-corrected chi connectivity index (χ2v) is 7.90.